The van der Waals surface area contributed by atoms with Crippen LogP contribution in [0.5, 0.6) is 0 Å². The minimum absolute atomic E-state index is 0.245. The van der Waals surface area contributed by atoms with Gasteiger partial charge >= 0.3 is 17.9 Å². The van der Waals surface area contributed by atoms with Crippen molar-refractivity contribution in [3.8, 4) is 0 Å². The van der Waals surface area contributed by atoms with E-state index >= 15 is 0 Å². The van der Waals surface area contributed by atoms with Gasteiger partial charge in [0.15, 0.2) is 24.6 Å². The Kier molecular flexibility index (Phi) is 17.0. The Balaban J connectivity index is 1.47. The van der Waals surface area contributed by atoms with Gasteiger partial charge in [-0.15, -0.1) is 0 Å². The first-order valence-electron chi connectivity index (χ1n) is 18.2. The quantitative estimate of drug-likeness (QED) is 0.0673. The number of ether oxygens (including phenoxy) is 5. The molecule has 0 aliphatic carbocycles. The monoisotopic (exact) mass is 688 g/mol. The van der Waals surface area contributed by atoms with Crippen molar-refractivity contribution in [2.75, 3.05) is 13.2 Å². The zero-order valence-electron chi connectivity index (χ0n) is 29.2. The van der Waals surface area contributed by atoms with E-state index in [-0.39, 0.29) is 23.3 Å². The molecule has 0 unspecified atom stereocenters. The summed E-state index contributed by atoms with van der Waals surface area (Å²) >= 11 is 0. The molecule has 1 heterocycles. The number of benzene rings is 3. The summed E-state index contributed by atoms with van der Waals surface area (Å²) in [5.74, 6) is -2.15. The lowest BCUT2D eigenvalue weighted by Gasteiger charge is -2.44. The van der Waals surface area contributed by atoms with E-state index in [0.29, 0.717) is 0 Å². The third-order valence-corrected chi connectivity index (χ3v) is 8.81. The lowest BCUT2D eigenvalue weighted by atomic mass is 9.97. The van der Waals surface area contributed by atoms with Gasteiger partial charge in [-0.25, -0.2) is 14.4 Å². The standard InChI is InChI=1S/C41H52O9/c1-2-3-4-5-6-7-8-9-10-11-12-22-29-46-41-37(50-40(45)33-27-20-15-21-28-33)36(49-39(44)32-25-18-14-19-26-32)35(34(30-42)47-41)48-38(43)31-23-16-13-17-24-31/h13-21,23-28,34-37,41-42H,2-12,22,29-30H2,1H3/t34-,35-,36+,37-,41+/m1/s1. The minimum Gasteiger partial charge on any atom is -0.452 e. The van der Waals surface area contributed by atoms with Crippen LogP contribution in [0.25, 0.3) is 0 Å². The second-order valence-corrected chi connectivity index (χ2v) is 12.7. The summed E-state index contributed by atoms with van der Waals surface area (Å²) < 4.78 is 30.1. The van der Waals surface area contributed by atoms with Crippen molar-refractivity contribution in [2.24, 2.45) is 0 Å². The number of hydrogen-bond acceptors (Lipinski definition) is 9. The maximum Gasteiger partial charge on any atom is 0.338 e. The molecule has 5 atom stereocenters. The van der Waals surface area contributed by atoms with Crippen molar-refractivity contribution in [3.63, 3.8) is 0 Å². The Morgan fingerprint density at radius 3 is 1.34 bits per heavy atom. The van der Waals surface area contributed by atoms with Gasteiger partial charge in [0, 0.05) is 6.61 Å². The van der Waals surface area contributed by atoms with E-state index in [0.717, 1.165) is 25.7 Å². The van der Waals surface area contributed by atoms with Crippen molar-refractivity contribution < 1.29 is 43.2 Å². The van der Waals surface area contributed by atoms with Crippen LogP contribution in [0.15, 0.2) is 91.0 Å². The molecule has 3 aromatic rings. The topological polar surface area (TPSA) is 118 Å². The first-order valence-corrected chi connectivity index (χ1v) is 18.2. The number of aliphatic hydroxyl groups is 1. The summed E-state index contributed by atoms with van der Waals surface area (Å²) in [5, 5.41) is 10.4. The van der Waals surface area contributed by atoms with Gasteiger partial charge in [0.25, 0.3) is 0 Å². The van der Waals surface area contributed by atoms with Crippen molar-refractivity contribution in [3.05, 3.63) is 108 Å². The summed E-state index contributed by atoms with van der Waals surface area (Å²) in [5.41, 5.74) is 0.762. The van der Waals surface area contributed by atoms with E-state index in [4.69, 9.17) is 23.7 Å². The van der Waals surface area contributed by atoms with E-state index in [1.54, 1.807) is 91.0 Å². The normalized spacial score (nSPS) is 20.2. The number of carbonyl (C=O) groups excluding carboxylic acids is 3. The lowest BCUT2D eigenvalue weighted by molar-refractivity contribution is -0.298. The van der Waals surface area contributed by atoms with Gasteiger partial charge < -0.3 is 28.8 Å². The highest BCUT2D eigenvalue weighted by Crippen LogP contribution is 2.31. The average Bonchev–Trinajstić information content (AvgIpc) is 3.16. The molecule has 4 rings (SSSR count). The fraction of sp³-hybridized carbons (Fsp3) is 0.488. The van der Waals surface area contributed by atoms with Crippen molar-refractivity contribution in [1.29, 1.82) is 0 Å². The molecular formula is C41H52O9. The molecule has 270 valence electrons. The zero-order valence-corrected chi connectivity index (χ0v) is 29.2. The molecule has 0 bridgehead atoms. The minimum atomic E-state index is -1.37. The van der Waals surface area contributed by atoms with Crippen LogP contribution in [-0.2, 0) is 23.7 Å². The van der Waals surface area contributed by atoms with Gasteiger partial charge in [-0.05, 0) is 42.8 Å². The number of aliphatic hydroxyl groups excluding tert-OH is 1. The molecule has 50 heavy (non-hydrogen) atoms. The largest absolute Gasteiger partial charge is 0.452 e. The summed E-state index contributed by atoms with van der Waals surface area (Å²) in [7, 11) is 0. The van der Waals surface area contributed by atoms with Crippen LogP contribution in [-0.4, -0.2) is 66.9 Å². The smallest absolute Gasteiger partial charge is 0.338 e. The predicted molar refractivity (Wildman–Crippen MR) is 190 cm³/mol. The van der Waals surface area contributed by atoms with Crippen LogP contribution >= 0.6 is 0 Å². The Morgan fingerprint density at radius 2 is 0.920 bits per heavy atom. The Hall–Kier alpha value is -4.05. The van der Waals surface area contributed by atoms with Gasteiger partial charge in [0.2, 0.25) is 0 Å². The second kappa shape index (κ2) is 21.9. The average molecular weight is 689 g/mol. The molecule has 0 aromatic heterocycles. The van der Waals surface area contributed by atoms with Crippen molar-refractivity contribution in [1.82, 2.24) is 0 Å². The molecule has 1 N–H and O–H groups in total. The summed E-state index contributed by atoms with van der Waals surface area (Å²) in [4.78, 5) is 40.2. The fourth-order valence-electron chi connectivity index (χ4n) is 6.00. The van der Waals surface area contributed by atoms with Crippen molar-refractivity contribution in [2.45, 2.75) is 115 Å². The maximum atomic E-state index is 13.5. The number of hydrogen-bond donors (Lipinski definition) is 1. The first-order chi connectivity index (χ1) is 24.5. The van der Waals surface area contributed by atoms with Crippen LogP contribution in [0.4, 0.5) is 0 Å². The number of rotatable bonds is 21. The van der Waals surface area contributed by atoms with Gasteiger partial charge in [0.1, 0.15) is 6.10 Å². The third kappa shape index (κ3) is 12.4. The Labute approximate surface area is 296 Å². The van der Waals surface area contributed by atoms with E-state index in [1.807, 2.05) is 0 Å². The van der Waals surface area contributed by atoms with Gasteiger partial charge in [-0.2, -0.15) is 0 Å². The van der Waals surface area contributed by atoms with Crippen LogP contribution in [0, 0.1) is 0 Å². The van der Waals surface area contributed by atoms with Gasteiger partial charge in [-0.3, -0.25) is 0 Å². The van der Waals surface area contributed by atoms with E-state index in [1.165, 1.54) is 51.4 Å². The Bertz CT molecular complexity index is 1400. The van der Waals surface area contributed by atoms with Crippen LogP contribution < -0.4 is 0 Å². The Morgan fingerprint density at radius 1 is 0.540 bits per heavy atom. The molecule has 3 aromatic carbocycles. The van der Waals surface area contributed by atoms with Gasteiger partial charge in [-0.1, -0.05) is 132 Å². The van der Waals surface area contributed by atoms with E-state index in [2.05, 4.69) is 6.92 Å². The number of esters is 3. The lowest BCUT2D eigenvalue weighted by Crippen LogP contribution is -2.63. The molecular weight excluding hydrogens is 636 g/mol. The predicted octanol–water partition coefficient (Wildman–Crippen LogP) is 8.10. The molecule has 9 heteroatoms. The molecule has 9 nitrogen and oxygen atoms in total. The molecule has 1 saturated heterocycles. The third-order valence-electron chi connectivity index (χ3n) is 8.81. The first kappa shape index (κ1) is 38.7. The molecule has 0 saturated carbocycles. The highest BCUT2D eigenvalue weighted by molar-refractivity contribution is 5.91. The van der Waals surface area contributed by atoms with Crippen LogP contribution in [0.3, 0.4) is 0 Å². The van der Waals surface area contributed by atoms with Crippen LogP contribution in [0.1, 0.15) is 115 Å². The second-order valence-electron chi connectivity index (χ2n) is 12.7. The maximum absolute atomic E-state index is 13.5. The van der Waals surface area contributed by atoms with E-state index < -0.39 is 55.2 Å². The summed E-state index contributed by atoms with van der Waals surface area (Å²) in [6.45, 7) is 1.94. The SMILES string of the molecule is CCCCCCCCCCCCCCO[C@H]1O[C@H](CO)[C@@H](OC(=O)c2ccccc2)[C@H](OC(=O)c2ccccc2)[C@H]1OC(=O)c1ccccc1. The molecule has 1 aliphatic rings. The molecule has 1 aliphatic heterocycles. The molecule has 1 fully saturated rings. The highest BCUT2D eigenvalue weighted by Gasteiger charge is 2.53. The summed E-state index contributed by atoms with van der Waals surface area (Å²) in [6.07, 6.45) is 7.86. The molecule has 0 radical (unpaired) electrons. The van der Waals surface area contributed by atoms with E-state index in [9.17, 15) is 19.5 Å². The van der Waals surface area contributed by atoms with Gasteiger partial charge in [0.05, 0.1) is 23.3 Å². The highest BCUT2D eigenvalue weighted by atomic mass is 16.7. The molecule has 0 spiro atoms. The number of carbonyl (C=O) groups is 3. The fourth-order valence-corrected chi connectivity index (χ4v) is 6.00. The molecule has 0 amide bonds. The zero-order chi connectivity index (χ0) is 35.4. The van der Waals surface area contributed by atoms with Crippen molar-refractivity contribution >= 4 is 17.9 Å². The summed E-state index contributed by atoms with van der Waals surface area (Å²) in [6, 6.07) is 25.0. The van der Waals surface area contributed by atoms with Crippen LogP contribution in [0.2, 0.25) is 0 Å². The number of unbranched alkanes of at least 4 members (excludes halogenated alkanes) is 11.